The number of ketones is 1. The summed E-state index contributed by atoms with van der Waals surface area (Å²) < 4.78 is 14.0. The van der Waals surface area contributed by atoms with Gasteiger partial charge in [-0.15, -0.1) is 0 Å². The highest BCUT2D eigenvalue weighted by molar-refractivity contribution is 14.1. The van der Waals surface area contributed by atoms with E-state index in [-0.39, 0.29) is 17.8 Å². The lowest BCUT2D eigenvalue weighted by molar-refractivity contribution is -0.123. The van der Waals surface area contributed by atoms with Crippen LogP contribution in [0.25, 0.3) is 0 Å². The molecule has 2 atom stereocenters. The topological polar surface area (TPSA) is 20.3 Å². The van der Waals surface area contributed by atoms with Crippen LogP contribution in [-0.4, -0.2) is 18.4 Å². The molecule has 0 bridgehead atoms. The average molecular weight is 347 g/mol. The fourth-order valence-electron chi connectivity index (χ4n) is 2.25. The monoisotopic (exact) mass is 347 g/mol. The molecule has 0 aromatic heterocycles. The Balaban J connectivity index is 2.31. The molecular formula is C13H15FINO. The van der Waals surface area contributed by atoms with Gasteiger partial charge in [0.2, 0.25) is 0 Å². The van der Waals surface area contributed by atoms with E-state index in [2.05, 4.69) is 34.4 Å². The van der Waals surface area contributed by atoms with Gasteiger partial charge in [-0.25, -0.2) is 4.39 Å². The first-order chi connectivity index (χ1) is 8.00. The molecule has 2 rings (SSSR count). The Morgan fingerprint density at radius 3 is 2.76 bits per heavy atom. The van der Waals surface area contributed by atoms with Crippen LogP contribution in [0.15, 0.2) is 18.2 Å². The van der Waals surface area contributed by atoms with Crippen LogP contribution in [0.2, 0.25) is 0 Å². The molecule has 0 aliphatic carbocycles. The number of piperidine rings is 1. The number of hydrogen-bond acceptors (Lipinski definition) is 2. The average Bonchev–Trinajstić information content (AvgIpc) is 2.28. The van der Waals surface area contributed by atoms with Crippen molar-refractivity contribution >= 4 is 34.1 Å². The molecule has 1 fully saturated rings. The molecule has 1 aliphatic rings. The summed E-state index contributed by atoms with van der Waals surface area (Å²) in [6, 6.07) is 4.99. The summed E-state index contributed by atoms with van der Waals surface area (Å²) in [5, 5.41) is 0. The van der Waals surface area contributed by atoms with Gasteiger partial charge in [0.1, 0.15) is 11.6 Å². The summed E-state index contributed by atoms with van der Waals surface area (Å²) >= 11 is 2.14. The fraction of sp³-hybridized carbons (Fsp3) is 0.462. The van der Waals surface area contributed by atoms with Crippen molar-refractivity contribution in [3.63, 3.8) is 0 Å². The second-order valence-corrected chi connectivity index (χ2v) is 5.70. The van der Waals surface area contributed by atoms with E-state index in [0.29, 0.717) is 12.2 Å². The summed E-state index contributed by atoms with van der Waals surface area (Å²) in [4.78, 5) is 13.8. The van der Waals surface area contributed by atoms with Gasteiger partial charge in [-0.1, -0.05) is 6.92 Å². The van der Waals surface area contributed by atoms with Crippen molar-refractivity contribution < 1.29 is 9.18 Å². The molecule has 0 spiro atoms. The van der Waals surface area contributed by atoms with Crippen molar-refractivity contribution in [3.05, 3.63) is 27.6 Å². The van der Waals surface area contributed by atoms with Gasteiger partial charge < -0.3 is 4.90 Å². The van der Waals surface area contributed by atoms with Gasteiger partial charge in [0.05, 0.1) is 5.69 Å². The minimum absolute atomic E-state index is 0.0459. The van der Waals surface area contributed by atoms with Crippen molar-refractivity contribution in [2.45, 2.75) is 26.3 Å². The van der Waals surface area contributed by atoms with E-state index in [9.17, 15) is 9.18 Å². The normalized spacial score (nSPS) is 25.2. The van der Waals surface area contributed by atoms with E-state index < -0.39 is 0 Å². The Morgan fingerprint density at radius 2 is 2.12 bits per heavy atom. The number of benzene rings is 1. The number of halogens is 2. The van der Waals surface area contributed by atoms with Gasteiger partial charge in [-0.2, -0.15) is 0 Å². The third-order valence-corrected chi connectivity index (χ3v) is 4.41. The van der Waals surface area contributed by atoms with Crippen LogP contribution >= 0.6 is 22.6 Å². The minimum atomic E-state index is -0.216. The Labute approximate surface area is 114 Å². The molecule has 2 nitrogen and oxygen atoms in total. The number of Topliss-reactive ketones (excluding diaryl/α,β-unsaturated/α-hetero) is 1. The molecule has 1 saturated heterocycles. The van der Waals surface area contributed by atoms with Crippen molar-refractivity contribution in [1.82, 2.24) is 0 Å². The van der Waals surface area contributed by atoms with Gasteiger partial charge in [-0.05, 0) is 47.7 Å². The molecule has 0 radical (unpaired) electrons. The molecule has 17 heavy (non-hydrogen) atoms. The third kappa shape index (κ3) is 2.46. The molecule has 1 aliphatic heterocycles. The molecule has 1 aromatic carbocycles. The van der Waals surface area contributed by atoms with Crippen LogP contribution in [0.5, 0.6) is 0 Å². The maximum absolute atomic E-state index is 13.1. The van der Waals surface area contributed by atoms with E-state index in [1.807, 2.05) is 6.92 Å². The molecule has 0 N–H and O–H groups in total. The third-order valence-electron chi connectivity index (χ3n) is 3.54. The molecule has 4 heteroatoms. The van der Waals surface area contributed by atoms with E-state index >= 15 is 0 Å². The molecule has 0 amide bonds. The summed E-state index contributed by atoms with van der Waals surface area (Å²) in [7, 11) is 0. The molecule has 92 valence electrons. The van der Waals surface area contributed by atoms with Crippen molar-refractivity contribution in [2.24, 2.45) is 5.92 Å². The van der Waals surface area contributed by atoms with Gasteiger partial charge in [0, 0.05) is 28.5 Å². The van der Waals surface area contributed by atoms with E-state index in [4.69, 9.17) is 0 Å². The number of anilines is 1. The quantitative estimate of drug-likeness (QED) is 0.727. The lowest BCUT2D eigenvalue weighted by Crippen LogP contribution is -2.47. The standard InChI is InChI=1S/C13H15FINO/c1-8-9(2)16(6-5-13(8)17)12-4-3-10(14)7-11(12)15/h3-4,7-9H,5-6H2,1-2H3. The fourth-order valence-corrected chi connectivity index (χ4v) is 3.04. The molecule has 0 saturated carbocycles. The van der Waals surface area contributed by atoms with Gasteiger partial charge in [0.15, 0.2) is 0 Å². The predicted molar refractivity (Wildman–Crippen MR) is 74.7 cm³/mol. The lowest BCUT2D eigenvalue weighted by Gasteiger charge is -2.39. The predicted octanol–water partition coefficient (Wildman–Crippen LogP) is 3.23. The second-order valence-electron chi connectivity index (χ2n) is 4.53. The van der Waals surface area contributed by atoms with Crippen molar-refractivity contribution in [3.8, 4) is 0 Å². The van der Waals surface area contributed by atoms with Crippen LogP contribution in [0.1, 0.15) is 20.3 Å². The number of rotatable bonds is 1. The van der Waals surface area contributed by atoms with Crippen LogP contribution in [0.4, 0.5) is 10.1 Å². The molecular weight excluding hydrogens is 332 g/mol. The highest BCUT2D eigenvalue weighted by Gasteiger charge is 2.31. The van der Waals surface area contributed by atoms with Crippen molar-refractivity contribution in [2.75, 3.05) is 11.4 Å². The van der Waals surface area contributed by atoms with Crippen LogP contribution in [0.3, 0.4) is 0 Å². The van der Waals surface area contributed by atoms with Gasteiger partial charge in [0.25, 0.3) is 0 Å². The second kappa shape index (κ2) is 4.92. The van der Waals surface area contributed by atoms with Crippen LogP contribution in [-0.2, 0) is 4.79 Å². The zero-order chi connectivity index (χ0) is 12.6. The number of carbonyl (C=O) groups excluding carboxylic acids is 1. The lowest BCUT2D eigenvalue weighted by atomic mass is 9.90. The highest BCUT2D eigenvalue weighted by Crippen LogP contribution is 2.30. The van der Waals surface area contributed by atoms with Gasteiger partial charge in [-0.3, -0.25) is 4.79 Å². The highest BCUT2D eigenvalue weighted by atomic mass is 127. The van der Waals surface area contributed by atoms with E-state index in [0.717, 1.165) is 15.8 Å². The number of nitrogens with zero attached hydrogens (tertiary/aromatic N) is 1. The smallest absolute Gasteiger partial charge is 0.139 e. The molecule has 2 unspecified atom stereocenters. The van der Waals surface area contributed by atoms with Crippen LogP contribution in [0, 0.1) is 15.3 Å². The Kier molecular flexibility index (Phi) is 3.70. The number of carbonyl (C=O) groups is 1. The summed E-state index contributed by atoms with van der Waals surface area (Å²) in [6.07, 6.45) is 0.582. The Hall–Kier alpha value is -0.650. The first-order valence-electron chi connectivity index (χ1n) is 5.75. The SMILES string of the molecule is CC1C(=O)CCN(c2ccc(F)cc2I)C1C. The maximum atomic E-state index is 13.1. The maximum Gasteiger partial charge on any atom is 0.139 e. The van der Waals surface area contributed by atoms with Gasteiger partial charge >= 0.3 is 0 Å². The van der Waals surface area contributed by atoms with E-state index in [1.165, 1.54) is 12.1 Å². The minimum Gasteiger partial charge on any atom is -0.367 e. The summed E-state index contributed by atoms with van der Waals surface area (Å²) in [6.45, 7) is 4.75. The zero-order valence-corrected chi connectivity index (χ0v) is 12.1. The summed E-state index contributed by atoms with van der Waals surface area (Å²) in [5.41, 5.74) is 1.03. The summed E-state index contributed by atoms with van der Waals surface area (Å²) in [5.74, 6) is 0.155. The van der Waals surface area contributed by atoms with Crippen LogP contribution < -0.4 is 4.90 Å². The first-order valence-corrected chi connectivity index (χ1v) is 6.83. The molecule has 1 heterocycles. The molecule has 1 aromatic rings. The number of hydrogen-bond donors (Lipinski definition) is 0. The first kappa shape index (κ1) is 12.8. The van der Waals surface area contributed by atoms with Crippen molar-refractivity contribution in [1.29, 1.82) is 0 Å². The van der Waals surface area contributed by atoms with E-state index in [1.54, 1.807) is 6.07 Å². The largest absolute Gasteiger partial charge is 0.367 e. The Morgan fingerprint density at radius 1 is 1.41 bits per heavy atom. The Bertz CT molecular complexity index is 449. The zero-order valence-electron chi connectivity index (χ0n) is 9.91.